The van der Waals surface area contributed by atoms with Crippen LogP contribution in [0.4, 0.5) is 0 Å². The molecule has 2 atom stereocenters. The third-order valence-corrected chi connectivity index (χ3v) is 3.31. The fourth-order valence-corrected chi connectivity index (χ4v) is 2.26. The van der Waals surface area contributed by atoms with Crippen molar-refractivity contribution in [3.63, 3.8) is 0 Å². The highest BCUT2D eigenvalue weighted by Gasteiger charge is 2.32. The number of esters is 1. The van der Waals surface area contributed by atoms with Crippen molar-refractivity contribution in [3.05, 3.63) is 0 Å². The molecule has 0 unspecified atom stereocenters. The fourth-order valence-electron chi connectivity index (χ4n) is 2.26. The van der Waals surface area contributed by atoms with Crippen LogP contribution in [0, 0.1) is 5.92 Å². The van der Waals surface area contributed by atoms with Crippen LogP contribution in [0.2, 0.25) is 0 Å². The summed E-state index contributed by atoms with van der Waals surface area (Å²) in [6.07, 6.45) is 3.45. The summed E-state index contributed by atoms with van der Waals surface area (Å²) in [5, 5.41) is 2.69. The van der Waals surface area contributed by atoms with Gasteiger partial charge in [0.1, 0.15) is 5.54 Å². The highest BCUT2D eigenvalue weighted by atomic mass is 35.5. The maximum atomic E-state index is 11.8. The average Bonchev–Trinajstić information content (AvgIpc) is 2.62. The zero-order chi connectivity index (χ0) is 13.1. The summed E-state index contributed by atoms with van der Waals surface area (Å²) in [6.45, 7) is 3.26. The molecule has 18 heavy (non-hydrogen) atoms. The van der Waals surface area contributed by atoms with Gasteiger partial charge >= 0.3 is 5.97 Å². The summed E-state index contributed by atoms with van der Waals surface area (Å²) in [5.74, 6) is -0.340. The summed E-state index contributed by atoms with van der Waals surface area (Å²) in [7, 11) is 1.31. The van der Waals surface area contributed by atoms with Crippen LogP contribution in [-0.2, 0) is 14.3 Å². The quantitative estimate of drug-likeness (QED) is 0.752. The number of nitrogens with two attached hydrogens (primary N) is 1. The first-order valence-corrected chi connectivity index (χ1v) is 6.02. The van der Waals surface area contributed by atoms with Crippen molar-refractivity contribution in [1.82, 2.24) is 5.32 Å². The van der Waals surface area contributed by atoms with E-state index in [0.717, 1.165) is 19.3 Å². The van der Waals surface area contributed by atoms with Crippen LogP contribution < -0.4 is 11.1 Å². The number of methoxy groups -OCH3 is 1. The minimum atomic E-state index is -0.978. The average molecular weight is 279 g/mol. The summed E-state index contributed by atoms with van der Waals surface area (Å²) >= 11 is 0. The van der Waals surface area contributed by atoms with Crippen LogP contribution in [-0.4, -0.2) is 30.6 Å². The van der Waals surface area contributed by atoms with E-state index >= 15 is 0 Å². The van der Waals surface area contributed by atoms with Gasteiger partial charge in [-0.25, -0.2) is 4.79 Å². The number of hydrogen-bond acceptors (Lipinski definition) is 4. The summed E-state index contributed by atoms with van der Waals surface area (Å²) in [5.41, 5.74) is 4.93. The van der Waals surface area contributed by atoms with Crippen molar-refractivity contribution in [3.8, 4) is 0 Å². The Morgan fingerprint density at radius 2 is 2.00 bits per heavy atom. The molecule has 0 aliphatic heterocycles. The fraction of sp³-hybridized carbons (Fsp3) is 0.833. The molecule has 106 valence electrons. The minimum absolute atomic E-state index is 0. The van der Waals surface area contributed by atoms with Gasteiger partial charge in [0.05, 0.1) is 7.11 Å². The molecule has 1 amide bonds. The Hall–Kier alpha value is -0.810. The molecular formula is C12H23ClN2O3. The molecule has 1 rings (SSSR count). The van der Waals surface area contributed by atoms with E-state index in [-0.39, 0.29) is 30.3 Å². The maximum absolute atomic E-state index is 11.8. The Bertz CT molecular complexity index is 308. The lowest BCUT2D eigenvalue weighted by atomic mass is 9.98. The van der Waals surface area contributed by atoms with E-state index in [1.165, 1.54) is 7.11 Å². The van der Waals surface area contributed by atoms with E-state index in [9.17, 15) is 9.59 Å². The molecule has 5 nitrogen and oxygen atoms in total. The van der Waals surface area contributed by atoms with Crippen molar-refractivity contribution < 1.29 is 14.3 Å². The van der Waals surface area contributed by atoms with E-state index in [1.807, 2.05) is 0 Å². The molecule has 0 radical (unpaired) electrons. The lowest BCUT2D eigenvalue weighted by molar-refractivity contribution is -0.149. The molecule has 0 aromatic rings. The van der Waals surface area contributed by atoms with E-state index in [1.54, 1.807) is 13.8 Å². The van der Waals surface area contributed by atoms with Gasteiger partial charge in [-0.15, -0.1) is 12.4 Å². The van der Waals surface area contributed by atoms with Crippen LogP contribution in [0.15, 0.2) is 0 Å². The molecule has 1 fully saturated rings. The normalized spacial score (nSPS) is 23.1. The van der Waals surface area contributed by atoms with Gasteiger partial charge in [-0.3, -0.25) is 4.79 Å². The third kappa shape index (κ3) is 4.46. The lowest BCUT2D eigenvalue weighted by Gasteiger charge is -2.24. The van der Waals surface area contributed by atoms with E-state index < -0.39 is 11.5 Å². The molecule has 3 N–H and O–H groups in total. The summed E-state index contributed by atoms with van der Waals surface area (Å²) in [4.78, 5) is 23.2. The molecule has 1 saturated carbocycles. The summed E-state index contributed by atoms with van der Waals surface area (Å²) in [6, 6.07) is 0.113. The van der Waals surface area contributed by atoms with Gasteiger partial charge in [0, 0.05) is 12.5 Å². The zero-order valence-corrected chi connectivity index (χ0v) is 12.0. The van der Waals surface area contributed by atoms with Crippen LogP contribution in [0.25, 0.3) is 0 Å². The molecule has 6 heteroatoms. The van der Waals surface area contributed by atoms with Gasteiger partial charge in [0.15, 0.2) is 0 Å². The van der Waals surface area contributed by atoms with E-state index in [4.69, 9.17) is 5.73 Å². The smallest absolute Gasteiger partial charge is 0.330 e. The van der Waals surface area contributed by atoms with Crippen LogP contribution in [0.3, 0.4) is 0 Å². The largest absolute Gasteiger partial charge is 0.467 e. The molecule has 0 spiro atoms. The van der Waals surface area contributed by atoms with Crippen LogP contribution in [0.1, 0.15) is 39.5 Å². The third-order valence-electron chi connectivity index (χ3n) is 3.31. The molecular weight excluding hydrogens is 256 g/mol. The molecule has 0 heterocycles. The summed E-state index contributed by atoms with van der Waals surface area (Å²) < 4.78 is 4.63. The number of rotatable bonds is 4. The highest BCUT2D eigenvalue weighted by Crippen LogP contribution is 2.26. The lowest BCUT2D eigenvalue weighted by Crippen LogP contribution is -2.51. The zero-order valence-electron chi connectivity index (χ0n) is 11.2. The first-order valence-electron chi connectivity index (χ1n) is 6.02. The van der Waals surface area contributed by atoms with Gasteiger partial charge < -0.3 is 15.8 Å². The Balaban J connectivity index is 0.00000289. The Labute approximate surface area is 114 Å². The maximum Gasteiger partial charge on any atom is 0.330 e. The monoisotopic (exact) mass is 278 g/mol. The molecule has 1 aliphatic carbocycles. The predicted octanol–water partition coefficient (Wildman–Crippen LogP) is 0.993. The molecule has 0 aromatic heterocycles. The highest BCUT2D eigenvalue weighted by molar-refractivity contribution is 5.87. The number of hydrogen-bond donors (Lipinski definition) is 2. The van der Waals surface area contributed by atoms with E-state index in [0.29, 0.717) is 6.42 Å². The minimum Gasteiger partial charge on any atom is -0.467 e. The van der Waals surface area contributed by atoms with Crippen molar-refractivity contribution in [2.24, 2.45) is 11.7 Å². The number of carbonyl (C=O) groups excluding carboxylic acids is 2. The predicted molar refractivity (Wildman–Crippen MR) is 71.4 cm³/mol. The topological polar surface area (TPSA) is 81.4 Å². The second kappa shape index (κ2) is 6.95. The van der Waals surface area contributed by atoms with Crippen LogP contribution in [0.5, 0.6) is 0 Å². The Kier molecular flexibility index (Phi) is 6.63. The van der Waals surface area contributed by atoms with Crippen molar-refractivity contribution in [2.75, 3.05) is 7.11 Å². The van der Waals surface area contributed by atoms with Gasteiger partial charge in [0.2, 0.25) is 5.91 Å². The van der Waals surface area contributed by atoms with Crippen molar-refractivity contribution in [2.45, 2.75) is 51.1 Å². The number of nitrogens with one attached hydrogen (secondary N) is 1. The first kappa shape index (κ1) is 17.2. The van der Waals surface area contributed by atoms with Gasteiger partial charge in [-0.2, -0.15) is 0 Å². The standard InChI is InChI=1S/C12H22N2O3.ClH/c1-12(2,11(16)17-3)14-10(15)7-8-5-4-6-9(8)13;/h8-9H,4-7,13H2,1-3H3,(H,14,15);1H/t8-,9+;/m0./s1. The number of ether oxygens (including phenoxy) is 1. The van der Waals surface area contributed by atoms with Gasteiger partial charge in [-0.05, 0) is 32.6 Å². The second-order valence-electron chi connectivity index (χ2n) is 5.22. The van der Waals surface area contributed by atoms with Gasteiger partial charge in [0.25, 0.3) is 0 Å². The first-order chi connectivity index (χ1) is 7.86. The molecule has 0 saturated heterocycles. The number of carbonyl (C=O) groups is 2. The molecule has 1 aliphatic rings. The van der Waals surface area contributed by atoms with Crippen LogP contribution >= 0.6 is 12.4 Å². The van der Waals surface area contributed by atoms with E-state index in [2.05, 4.69) is 10.1 Å². The Morgan fingerprint density at radius 3 is 2.44 bits per heavy atom. The Morgan fingerprint density at radius 1 is 1.39 bits per heavy atom. The van der Waals surface area contributed by atoms with Crippen molar-refractivity contribution >= 4 is 24.3 Å². The van der Waals surface area contributed by atoms with Gasteiger partial charge in [-0.1, -0.05) is 6.42 Å². The second-order valence-corrected chi connectivity index (χ2v) is 5.22. The molecule has 0 aromatic carbocycles. The SMILES string of the molecule is COC(=O)C(C)(C)NC(=O)C[C@@H]1CCC[C@H]1N.Cl. The molecule has 0 bridgehead atoms. The number of halogens is 1. The van der Waals surface area contributed by atoms with Crippen molar-refractivity contribution in [1.29, 1.82) is 0 Å². The number of amides is 1.